The van der Waals surface area contributed by atoms with E-state index in [-0.39, 0.29) is 5.97 Å². The molecule has 0 aromatic rings. The highest BCUT2D eigenvalue weighted by Gasteiger charge is 2.18. The van der Waals surface area contributed by atoms with Crippen molar-refractivity contribution in [3.05, 3.63) is 0 Å². The predicted molar refractivity (Wildman–Crippen MR) is 49.4 cm³/mol. The Balaban J connectivity index is 3.53. The van der Waals surface area contributed by atoms with Crippen molar-refractivity contribution in [2.45, 2.75) is 39.0 Å². The van der Waals surface area contributed by atoms with Gasteiger partial charge in [-0.05, 0) is 6.42 Å². The molecule has 0 aliphatic carbocycles. The fraction of sp³-hybridized carbons (Fsp3) is 0.875. The van der Waals surface area contributed by atoms with E-state index in [0.717, 1.165) is 6.42 Å². The second-order valence-corrected chi connectivity index (χ2v) is 9.43. The van der Waals surface area contributed by atoms with E-state index in [0.29, 0.717) is 12.7 Å². The van der Waals surface area contributed by atoms with E-state index in [4.69, 9.17) is 4.74 Å². The van der Waals surface area contributed by atoms with Crippen LogP contribution in [0.4, 0.5) is 0 Å². The summed E-state index contributed by atoms with van der Waals surface area (Å²) in [5, 5.41) is 0. The Labute approximate surface area is 69.9 Å². The maximum absolute atomic E-state index is 11.0. The average Bonchev–Trinajstić information content (AvgIpc) is 1.79. The summed E-state index contributed by atoms with van der Waals surface area (Å²) >= 11 is 0. The zero-order valence-corrected chi connectivity index (χ0v) is 8.94. The molecule has 0 aromatic heterocycles. The van der Waals surface area contributed by atoms with Crippen LogP contribution in [0.3, 0.4) is 0 Å². The molecule has 0 bridgehead atoms. The molecule has 0 spiro atoms. The quantitative estimate of drug-likeness (QED) is 0.483. The summed E-state index contributed by atoms with van der Waals surface area (Å²) in [6.45, 7) is 9.08. The Morgan fingerprint density at radius 1 is 1.36 bits per heavy atom. The lowest BCUT2D eigenvalue weighted by Gasteiger charge is -2.13. The van der Waals surface area contributed by atoms with Gasteiger partial charge in [0.2, 0.25) is 0 Å². The molecule has 0 unspecified atom stereocenters. The summed E-state index contributed by atoms with van der Waals surface area (Å²) in [5.74, 6) is -0.0222. The van der Waals surface area contributed by atoms with Crippen molar-refractivity contribution in [2.24, 2.45) is 0 Å². The van der Waals surface area contributed by atoms with Gasteiger partial charge < -0.3 is 4.74 Å². The summed E-state index contributed by atoms with van der Waals surface area (Å²) in [5.41, 5.74) is 0. The van der Waals surface area contributed by atoms with Crippen LogP contribution >= 0.6 is 0 Å². The molecule has 0 rings (SSSR count). The molecule has 3 heteroatoms. The maximum Gasteiger partial charge on any atom is 0.303 e. The van der Waals surface area contributed by atoms with Crippen LogP contribution in [0, 0.1) is 0 Å². The first kappa shape index (κ1) is 10.7. The maximum atomic E-state index is 11.0. The first-order valence-corrected chi connectivity index (χ1v) is 7.82. The van der Waals surface area contributed by atoms with E-state index in [1.165, 1.54) is 0 Å². The van der Waals surface area contributed by atoms with Crippen molar-refractivity contribution in [2.75, 3.05) is 6.61 Å². The van der Waals surface area contributed by atoms with Gasteiger partial charge in [-0.2, -0.15) is 0 Å². The average molecular weight is 174 g/mol. The highest BCUT2D eigenvalue weighted by molar-refractivity contribution is 6.78. The Kier molecular flexibility index (Phi) is 4.41. The Morgan fingerprint density at radius 3 is 2.27 bits per heavy atom. The Bertz CT molecular complexity index is 127. The molecular weight excluding hydrogens is 156 g/mol. The van der Waals surface area contributed by atoms with Gasteiger partial charge in [-0.1, -0.05) is 26.6 Å². The predicted octanol–water partition coefficient (Wildman–Crippen LogP) is 2.28. The van der Waals surface area contributed by atoms with Crippen molar-refractivity contribution >= 4 is 14.0 Å². The number of ether oxygens (including phenoxy) is 1. The van der Waals surface area contributed by atoms with Crippen molar-refractivity contribution in [1.82, 2.24) is 0 Å². The molecule has 0 fully saturated rings. The molecule has 0 saturated carbocycles. The minimum absolute atomic E-state index is 0.0222. The lowest BCUT2D eigenvalue weighted by atomic mass is 10.5. The third-order valence-corrected chi connectivity index (χ3v) is 2.49. The molecule has 0 saturated heterocycles. The first-order valence-electron chi connectivity index (χ1n) is 4.11. The van der Waals surface area contributed by atoms with Crippen LogP contribution < -0.4 is 0 Å². The van der Waals surface area contributed by atoms with Gasteiger partial charge in [-0.3, -0.25) is 4.79 Å². The number of rotatable bonds is 4. The van der Waals surface area contributed by atoms with E-state index in [1.54, 1.807) is 0 Å². The molecular formula is C8H18O2Si. The second kappa shape index (κ2) is 4.54. The van der Waals surface area contributed by atoms with E-state index >= 15 is 0 Å². The molecule has 0 N–H and O–H groups in total. The van der Waals surface area contributed by atoms with Crippen molar-refractivity contribution in [1.29, 1.82) is 0 Å². The Hall–Kier alpha value is -0.313. The molecule has 0 aromatic carbocycles. The van der Waals surface area contributed by atoms with Gasteiger partial charge in [-0.15, -0.1) is 0 Å². The standard InChI is InChI=1S/C8H18O2Si/c1-5-6-10-8(9)7-11(2,3)4/h5-7H2,1-4H3. The molecule has 0 aliphatic rings. The normalized spacial score (nSPS) is 11.3. The number of esters is 1. The first-order chi connectivity index (χ1) is 4.95. The number of hydrogen-bond donors (Lipinski definition) is 0. The van der Waals surface area contributed by atoms with Gasteiger partial charge in [0.15, 0.2) is 0 Å². The Morgan fingerprint density at radius 2 is 1.91 bits per heavy atom. The summed E-state index contributed by atoms with van der Waals surface area (Å²) < 4.78 is 4.96. The number of hydrogen-bond acceptors (Lipinski definition) is 2. The fourth-order valence-corrected chi connectivity index (χ4v) is 1.67. The molecule has 0 heterocycles. The highest BCUT2D eigenvalue weighted by atomic mass is 28.3. The van der Waals surface area contributed by atoms with Crippen molar-refractivity contribution in [3.63, 3.8) is 0 Å². The van der Waals surface area contributed by atoms with Gasteiger partial charge in [0.05, 0.1) is 14.7 Å². The van der Waals surface area contributed by atoms with Crippen LogP contribution in [-0.2, 0) is 9.53 Å². The van der Waals surface area contributed by atoms with Gasteiger partial charge in [0, 0.05) is 6.04 Å². The van der Waals surface area contributed by atoms with Gasteiger partial charge in [-0.25, -0.2) is 0 Å². The van der Waals surface area contributed by atoms with Crippen LogP contribution in [0.15, 0.2) is 0 Å². The van der Waals surface area contributed by atoms with E-state index in [2.05, 4.69) is 19.6 Å². The molecule has 0 radical (unpaired) electrons. The van der Waals surface area contributed by atoms with Crippen LogP contribution in [0.5, 0.6) is 0 Å². The van der Waals surface area contributed by atoms with Gasteiger partial charge in [0.1, 0.15) is 0 Å². The third kappa shape index (κ3) is 7.59. The largest absolute Gasteiger partial charge is 0.466 e. The monoisotopic (exact) mass is 174 g/mol. The topological polar surface area (TPSA) is 26.3 Å². The molecule has 0 atom stereocenters. The third-order valence-electron chi connectivity index (χ3n) is 1.14. The van der Waals surface area contributed by atoms with Gasteiger partial charge in [0.25, 0.3) is 0 Å². The van der Waals surface area contributed by atoms with Crippen LogP contribution in [0.2, 0.25) is 25.7 Å². The smallest absolute Gasteiger partial charge is 0.303 e. The van der Waals surface area contributed by atoms with Crippen LogP contribution in [0.25, 0.3) is 0 Å². The van der Waals surface area contributed by atoms with E-state index in [9.17, 15) is 4.79 Å². The van der Waals surface area contributed by atoms with Crippen molar-refractivity contribution < 1.29 is 9.53 Å². The summed E-state index contributed by atoms with van der Waals surface area (Å²) in [6.07, 6.45) is 0.914. The van der Waals surface area contributed by atoms with E-state index in [1.807, 2.05) is 6.92 Å². The molecule has 2 nitrogen and oxygen atoms in total. The summed E-state index contributed by atoms with van der Waals surface area (Å²) in [4.78, 5) is 11.0. The minimum Gasteiger partial charge on any atom is -0.466 e. The van der Waals surface area contributed by atoms with Gasteiger partial charge >= 0.3 is 5.97 Å². The number of carbonyl (C=O) groups excluding carboxylic acids is 1. The fourth-order valence-electron chi connectivity index (χ4n) is 0.700. The molecule has 0 amide bonds. The van der Waals surface area contributed by atoms with Crippen molar-refractivity contribution in [3.8, 4) is 0 Å². The minimum atomic E-state index is -1.24. The molecule has 0 aliphatic heterocycles. The lowest BCUT2D eigenvalue weighted by Crippen LogP contribution is -2.25. The van der Waals surface area contributed by atoms with Crippen LogP contribution in [-0.4, -0.2) is 20.7 Å². The lowest BCUT2D eigenvalue weighted by molar-refractivity contribution is -0.141. The van der Waals surface area contributed by atoms with Crippen LogP contribution in [0.1, 0.15) is 13.3 Å². The molecule has 66 valence electrons. The van der Waals surface area contributed by atoms with E-state index < -0.39 is 8.07 Å². The number of carbonyl (C=O) groups is 1. The zero-order valence-electron chi connectivity index (χ0n) is 7.94. The summed E-state index contributed by atoms with van der Waals surface area (Å²) in [6, 6.07) is 0.646. The highest BCUT2D eigenvalue weighted by Crippen LogP contribution is 2.08. The summed E-state index contributed by atoms with van der Waals surface area (Å²) in [7, 11) is -1.24. The second-order valence-electron chi connectivity index (χ2n) is 3.96. The SMILES string of the molecule is CCCOC(=O)C[Si](C)(C)C. The molecule has 11 heavy (non-hydrogen) atoms. The zero-order chi connectivity index (χ0) is 8.91.